The summed E-state index contributed by atoms with van der Waals surface area (Å²) in [6.45, 7) is 5.72. The number of amides is 1. The van der Waals surface area contributed by atoms with Crippen LogP contribution in [0.4, 0.5) is 5.95 Å². The number of hydrogen-bond donors (Lipinski definition) is 0. The zero-order valence-electron chi connectivity index (χ0n) is 15.3. The molecule has 0 atom stereocenters. The second kappa shape index (κ2) is 7.48. The van der Waals surface area contributed by atoms with E-state index in [2.05, 4.69) is 26.9 Å². The van der Waals surface area contributed by atoms with E-state index < -0.39 is 0 Å². The van der Waals surface area contributed by atoms with Crippen LogP contribution in [0.5, 0.6) is 0 Å². The summed E-state index contributed by atoms with van der Waals surface area (Å²) >= 11 is 0. The molecule has 1 aromatic heterocycles. The SMILES string of the molecule is CC1CCN(C(=O)C2CCN(c3noc(-c4ccccc4)n3)CC2)CC1. The largest absolute Gasteiger partial charge is 0.342 e. The summed E-state index contributed by atoms with van der Waals surface area (Å²) in [5.74, 6) is 2.40. The van der Waals surface area contributed by atoms with Gasteiger partial charge in [-0.2, -0.15) is 4.98 Å². The van der Waals surface area contributed by atoms with E-state index in [1.54, 1.807) is 0 Å². The van der Waals surface area contributed by atoms with Crippen molar-refractivity contribution in [1.29, 1.82) is 0 Å². The van der Waals surface area contributed by atoms with Crippen LogP contribution < -0.4 is 4.90 Å². The van der Waals surface area contributed by atoms with Crippen LogP contribution in [0, 0.1) is 11.8 Å². The molecule has 4 rings (SSSR count). The van der Waals surface area contributed by atoms with Crippen molar-refractivity contribution in [2.75, 3.05) is 31.1 Å². The Labute approximate surface area is 154 Å². The van der Waals surface area contributed by atoms with Gasteiger partial charge in [-0.3, -0.25) is 4.79 Å². The van der Waals surface area contributed by atoms with E-state index in [1.807, 2.05) is 30.3 Å². The molecular formula is C20H26N4O2. The van der Waals surface area contributed by atoms with Crippen LogP contribution in [-0.4, -0.2) is 47.1 Å². The molecule has 2 aromatic rings. The van der Waals surface area contributed by atoms with E-state index in [-0.39, 0.29) is 5.92 Å². The molecule has 3 heterocycles. The molecule has 2 fully saturated rings. The van der Waals surface area contributed by atoms with Crippen molar-refractivity contribution in [2.24, 2.45) is 11.8 Å². The molecule has 6 heteroatoms. The minimum Gasteiger partial charge on any atom is -0.342 e. The molecule has 0 N–H and O–H groups in total. The average molecular weight is 354 g/mol. The first-order valence-corrected chi connectivity index (χ1v) is 9.63. The molecule has 138 valence electrons. The summed E-state index contributed by atoms with van der Waals surface area (Å²) in [5, 5.41) is 4.13. The third kappa shape index (κ3) is 3.59. The highest BCUT2D eigenvalue weighted by molar-refractivity contribution is 5.79. The molecule has 2 saturated heterocycles. The number of carbonyl (C=O) groups excluding carboxylic acids is 1. The van der Waals surface area contributed by atoms with Crippen LogP contribution in [-0.2, 0) is 4.79 Å². The summed E-state index contributed by atoms with van der Waals surface area (Å²) < 4.78 is 5.41. The number of piperidine rings is 2. The van der Waals surface area contributed by atoms with Gasteiger partial charge < -0.3 is 14.3 Å². The van der Waals surface area contributed by atoms with Crippen molar-refractivity contribution in [3.8, 4) is 11.5 Å². The first kappa shape index (κ1) is 17.1. The molecule has 1 aromatic carbocycles. The van der Waals surface area contributed by atoms with Gasteiger partial charge in [-0.15, -0.1) is 0 Å². The molecular weight excluding hydrogens is 328 g/mol. The fourth-order valence-electron chi connectivity index (χ4n) is 3.86. The fourth-order valence-corrected chi connectivity index (χ4v) is 3.86. The second-order valence-electron chi connectivity index (χ2n) is 7.53. The average Bonchev–Trinajstić information content (AvgIpc) is 3.19. The van der Waals surface area contributed by atoms with Crippen molar-refractivity contribution in [2.45, 2.75) is 32.6 Å². The minimum atomic E-state index is 0.139. The molecule has 0 bridgehead atoms. The Bertz CT molecular complexity index is 729. The van der Waals surface area contributed by atoms with Gasteiger partial charge in [-0.05, 0) is 48.9 Å². The van der Waals surface area contributed by atoms with Crippen molar-refractivity contribution >= 4 is 11.9 Å². The van der Waals surface area contributed by atoms with E-state index in [4.69, 9.17) is 4.52 Å². The molecule has 0 saturated carbocycles. The van der Waals surface area contributed by atoms with Gasteiger partial charge >= 0.3 is 0 Å². The number of rotatable bonds is 3. The zero-order valence-corrected chi connectivity index (χ0v) is 15.3. The van der Waals surface area contributed by atoms with Crippen LogP contribution in [0.25, 0.3) is 11.5 Å². The van der Waals surface area contributed by atoms with Crippen LogP contribution >= 0.6 is 0 Å². The third-order valence-corrected chi connectivity index (χ3v) is 5.66. The predicted octanol–water partition coefficient (Wildman–Crippen LogP) is 3.21. The molecule has 0 radical (unpaired) electrons. The fraction of sp³-hybridized carbons (Fsp3) is 0.550. The lowest BCUT2D eigenvalue weighted by Gasteiger charge is -2.36. The molecule has 2 aliphatic rings. The van der Waals surface area contributed by atoms with E-state index in [9.17, 15) is 4.79 Å². The number of anilines is 1. The van der Waals surface area contributed by atoms with Crippen molar-refractivity contribution in [3.63, 3.8) is 0 Å². The molecule has 26 heavy (non-hydrogen) atoms. The summed E-state index contributed by atoms with van der Waals surface area (Å²) in [6, 6.07) is 9.80. The monoisotopic (exact) mass is 354 g/mol. The van der Waals surface area contributed by atoms with Gasteiger partial charge in [0.05, 0.1) is 0 Å². The summed E-state index contributed by atoms with van der Waals surface area (Å²) in [6.07, 6.45) is 3.99. The normalized spacial score (nSPS) is 19.7. The standard InChI is InChI=1S/C20H26N4O2/c1-15-7-11-23(12-8-15)19(25)17-9-13-24(14-10-17)20-21-18(26-22-20)16-5-3-2-4-6-16/h2-6,15,17H,7-14H2,1H3. The van der Waals surface area contributed by atoms with Crippen LogP contribution in [0.3, 0.4) is 0 Å². The van der Waals surface area contributed by atoms with Gasteiger partial charge in [-0.25, -0.2) is 0 Å². The number of benzene rings is 1. The topological polar surface area (TPSA) is 62.5 Å². The molecule has 6 nitrogen and oxygen atoms in total. The van der Waals surface area contributed by atoms with E-state index >= 15 is 0 Å². The minimum absolute atomic E-state index is 0.139. The van der Waals surface area contributed by atoms with E-state index in [0.717, 1.165) is 63.3 Å². The number of carbonyl (C=O) groups is 1. The van der Waals surface area contributed by atoms with E-state index in [1.165, 1.54) is 0 Å². The lowest BCUT2D eigenvalue weighted by Crippen LogP contribution is -2.45. The highest BCUT2D eigenvalue weighted by Crippen LogP contribution is 2.26. The smallest absolute Gasteiger partial charge is 0.266 e. The van der Waals surface area contributed by atoms with Gasteiger partial charge in [0.15, 0.2) is 0 Å². The Morgan fingerprint density at radius 2 is 1.73 bits per heavy atom. The maximum atomic E-state index is 12.7. The number of aromatic nitrogens is 2. The van der Waals surface area contributed by atoms with Crippen LogP contribution in [0.1, 0.15) is 32.6 Å². The molecule has 0 aliphatic carbocycles. The van der Waals surface area contributed by atoms with Gasteiger partial charge in [0, 0.05) is 37.7 Å². The Morgan fingerprint density at radius 1 is 1.04 bits per heavy atom. The molecule has 1 amide bonds. The van der Waals surface area contributed by atoms with Gasteiger partial charge in [-0.1, -0.05) is 25.1 Å². The second-order valence-corrected chi connectivity index (χ2v) is 7.53. The highest BCUT2D eigenvalue weighted by Gasteiger charge is 2.31. The Balaban J connectivity index is 1.34. The van der Waals surface area contributed by atoms with Crippen molar-refractivity contribution in [3.05, 3.63) is 30.3 Å². The third-order valence-electron chi connectivity index (χ3n) is 5.66. The lowest BCUT2D eigenvalue weighted by molar-refractivity contribution is -0.137. The predicted molar refractivity (Wildman–Crippen MR) is 99.6 cm³/mol. The Morgan fingerprint density at radius 3 is 2.42 bits per heavy atom. The number of hydrogen-bond acceptors (Lipinski definition) is 5. The van der Waals surface area contributed by atoms with Gasteiger partial charge in [0.1, 0.15) is 0 Å². The number of nitrogens with zero attached hydrogens (tertiary/aromatic N) is 4. The van der Waals surface area contributed by atoms with Crippen LogP contribution in [0.2, 0.25) is 0 Å². The maximum absolute atomic E-state index is 12.7. The van der Waals surface area contributed by atoms with Gasteiger partial charge in [0.2, 0.25) is 5.91 Å². The summed E-state index contributed by atoms with van der Waals surface area (Å²) in [4.78, 5) is 21.5. The zero-order chi connectivity index (χ0) is 17.9. The summed E-state index contributed by atoms with van der Waals surface area (Å²) in [7, 11) is 0. The quantitative estimate of drug-likeness (QED) is 0.847. The van der Waals surface area contributed by atoms with Crippen molar-refractivity contribution < 1.29 is 9.32 Å². The number of likely N-dealkylation sites (tertiary alicyclic amines) is 1. The van der Waals surface area contributed by atoms with E-state index in [0.29, 0.717) is 17.7 Å². The summed E-state index contributed by atoms with van der Waals surface area (Å²) in [5.41, 5.74) is 0.927. The maximum Gasteiger partial charge on any atom is 0.266 e. The Hall–Kier alpha value is -2.37. The van der Waals surface area contributed by atoms with Crippen LogP contribution in [0.15, 0.2) is 34.9 Å². The van der Waals surface area contributed by atoms with Gasteiger partial charge in [0.25, 0.3) is 11.8 Å². The molecule has 0 spiro atoms. The lowest BCUT2D eigenvalue weighted by atomic mass is 9.93. The Kier molecular flexibility index (Phi) is 4.91. The van der Waals surface area contributed by atoms with Crippen molar-refractivity contribution in [1.82, 2.24) is 15.0 Å². The molecule has 2 aliphatic heterocycles. The highest BCUT2D eigenvalue weighted by atomic mass is 16.5. The first-order valence-electron chi connectivity index (χ1n) is 9.63. The molecule has 0 unspecified atom stereocenters. The first-order chi connectivity index (χ1) is 12.7.